The van der Waals surface area contributed by atoms with Gasteiger partial charge in [0.25, 0.3) is 0 Å². The van der Waals surface area contributed by atoms with E-state index in [4.69, 9.17) is 11.6 Å². The third kappa shape index (κ3) is 5.55. The second-order valence-electron chi connectivity index (χ2n) is 3.87. The second kappa shape index (κ2) is 7.92. The molecule has 0 aromatic heterocycles. The van der Waals surface area contributed by atoms with E-state index in [0.29, 0.717) is 0 Å². The highest BCUT2D eigenvalue weighted by Gasteiger charge is 1.95. The van der Waals surface area contributed by atoms with Gasteiger partial charge in [-0.05, 0) is 24.5 Å². The molecular weight excluding hydrogens is 228 g/mol. The van der Waals surface area contributed by atoms with Gasteiger partial charge in [-0.1, -0.05) is 67.6 Å². The van der Waals surface area contributed by atoms with E-state index in [1.54, 1.807) is 0 Å². The quantitative estimate of drug-likeness (QED) is 0.636. The van der Waals surface area contributed by atoms with Gasteiger partial charge in [0.1, 0.15) is 0 Å². The van der Waals surface area contributed by atoms with Crippen molar-refractivity contribution in [1.29, 1.82) is 0 Å². The van der Waals surface area contributed by atoms with Crippen LogP contribution in [0.4, 0.5) is 0 Å². The first-order valence-electron chi connectivity index (χ1n) is 5.97. The first-order valence-corrected chi connectivity index (χ1v) is 6.40. The van der Waals surface area contributed by atoms with Crippen molar-refractivity contribution in [1.82, 2.24) is 0 Å². The van der Waals surface area contributed by atoms with E-state index in [9.17, 15) is 0 Å². The molecule has 0 aliphatic rings. The van der Waals surface area contributed by atoms with Crippen molar-refractivity contribution in [2.75, 3.05) is 0 Å². The average Bonchev–Trinajstić information content (AvgIpc) is 2.41. The van der Waals surface area contributed by atoms with E-state index in [1.165, 1.54) is 11.1 Å². The maximum Gasteiger partial charge on any atom is 0.0557 e. The van der Waals surface area contributed by atoms with Crippen LogP contribution in [0, 0.1) is 0 Å². The van der Waals surface area contributed by atoms with Crippen LogP contribution in [-0.2, 0) is 6.42 Å². The average molecular weight is 247 g/mol. The van der Waals surface area contributed by atoms with Crippen LogP contribution < -0.4 is 0 Å². The van der Waals surface area contributed by atoms with E-state index in [1.807, 2.05) is 43.3 Å². The molecule has 0 saturated heterocycles. The zero-order chi connectivity index (χ0) is 12.5. The summed E-state index contributed by atoms with van der Waals surface area (Å²) in [6, 6.07) is 20.5. The number of hydrogen-bond donors (Lipinski definition) is 0. The largest absolute Gasteiger partial charge is 0.118 e. The molecule has 2 aromatic rings. The molecule has 0 heterocycles. The van der Waals surface area contributed by atoms with Gasteiger partial charge in [-0.3, -0.25) is 0 Å². The third-order valence-electron chi connectivity index (χ3n) is 2.51. The van der Waals surface area contributed by atoms with E-state index >= 15 is 0 Å². The standard InChI is InChI=1S/C8H9Cl.C8H10/c1-7(9)8-5-3-2-4-6-8;1-2-8-6-4-3-5-7-8/h2-7H,1H3;3-7H,2H2,1H3. The lowest BCUT2D eigenvalue weighted by molar-refractivity contribution is 1.08. The molecule has 0 spiro atoms. The molecule has 2 aromatic carbocycles. The van der Waals surface area contributed by atoms with Crippen molar-refractivity contribution in [2.24, 2.45) is 0 Å². The van der Waals surface area contributed by atoms with Crippen molar-refractivity contribution in [3.05, 3.63) is 71.8 Å². The van der Waals surface area contributed by atoms with Crippen molar-refractivity contribution >= 4 is 11.6 Å². The first kappa shape index (κ1) is 13.8. The van der Waals surface area contributed by atoms with Crippen molar-refractivity contribution in [3.8, 4) is 0 Å². The normalized spacial score (nSPS) is 11.2. The van der Waals surface area contributed by atoms with Crippen LogP contribution in [0.25, 0.3) is 0 Å². The Labute approximate surface area is 109 Å². The Morgan fingerprint density at radius 2 is 1.35 bits per heavy atom. The SMILES string of the molecule is CC(Cl)c1ccccc1.CCc1ccccc1. The lowest BCUT2D eigenvalue weighted by Gasteiger charge is -1.99. The number of alkyl halides is 1. The molecule has 0 nitrogen and oxygen atoms in total. The number of hydrogen-bond acceptors (Lipinski definition) is 0. The Hall–Kier alpha value is -1.27. The highest BCUT2D eigenvalue weighted by Crippen LogP contribution is 2.17. The number of rotatable bonds is 2. The summed E-state index contributed by atoms with van der Waals surface area (Å²) in [5.41, 5.74) is 2.59. The number of halogens is 1. The van der Waals surface area contributed by atoms with Gasteiger partial charge in [0.05, 0.1) is 5.38 Å². The predicted molar refractivity (Wildman–Crippen MR) is 76.5 cm³/mol. The van der Waals surface area contributed by atoms with E-state index in [-0.39, 0.29) is 5.38 Å². The fraction of sp³-hybridized carbons (Fsp3) is 0.250. The molecule has 1 heteroatoms. The molecule has 1 atom stereocenters. The van der Waals surface area contributed by atoms with E-state index in [2.05, 4.69) is 31.2 Å². The lowest BCUT2D eigenvalue weighted by atomic mass is 10.2. The van der Waals surface area contributed by atoms with Crippen LogP contribution in [0.3, 0.4) is 0 Å². The summed E-state index contributed by atoms with van der Waals surface area (Å²) in [4.78, 5) is 0. The summed E-state index contributed by atoms with van der Waals surface area (Å²) >= 11 is 5.80. The number of aryl methyl sites for hydroxylation is 1. The van der Waals surface area contributed by atoms with Crippen LogP contribution in [-0.4, -0.2) is 0 Å². The third-order valence-corrected chi connectivity index (χ3v) is 2.76. The zero-order valence-electron chi connectivity index (χ0n) is 10.4. The molecule has 17 heavy (non-hydrogen) atoms. The molecule has 0 bridgehead atoms. The Morgan fingerprint density at radius 1 is 0.882 bits per heavy atom. The summed E-state index contributed by atoms with van der Waals surface area (Å²) in [6.45, 7) is 4.13. The van der Waals surface area contributed by atoms with Gasteiger partial charge in [-0.15, -0.1) is 11.6 Å². The van der Waals surface area contributed by atoms with Crippen molar-refractivity contribution in [3.63, 3.8) is 0 Å². The second-order valence-corrected chi connectivity index (χ2v) is 4.52. The summed E-state index contributed by atoms with van der Waals surface area (Å²) in [6.07, 6.45) is 1.14. The van der Waals surface area contributed by atoms with Crippen molar-refractivity contribution in [2.45, 2.75) is 25.6 Å². The lowest BCUT2D eigenvalue weighted by Crippen LogP contribution is -1.80. The maximum absolute atomic E-state index is 5.80. The molecule has 0 amide bonds. The minimum atomic E-state index is 0.131. The molecule has 0 N–H and O–H groups in total. The van der Waals surface area contributed by atoms with E-state index in [0.717, 1.165) is 6.42 Å². The molecule has 0 aliphatic carbocycles. The topological polar surface area (TPSA) is 0 Å². The molecule has 0 saturated carbocycles. The molecular formula is C16H19Cl. The Kier molecular flexibility index (Phi) is 6.42. The minimum absolute atomic E-state index is 0.131. The van der Waals surface area contributed by atoms with Crippen LogP contribution in [0.1, 0.15) is 30.4 Å². The van der Waals surface area contributed by atoms with Gasteiger partial charge < -0.3 is 0 Å². The van der Waals surface area contributed by atoms with Gasteiger partial charge in [0.2, 0.25) is 0 Å². The maximum atomic E-state index is 5.80. The number of benzene rings is 2. The zero-order valence-corrected chi connectivity index (χ0v) is 11.2. The monoisotopic (exact) mass is 246 g/mol. The van der Waals surface area contributed by atoms with Crippen LogP contribution in [0.5, 0.6) is 0 Å². The van der Waals surface area contributed by atoms with Crippen LogP contribution in [0.15, 0.2) is 60.7 Å². The van der Waals surface area contributed by atoms with Gasteiger partial charge >= 0.3 is 0 Å². The van der Waals surface area contributed by atoms with E-state index < -0.39 is 0 Å². The highest BCUT2D eigenvalue weighted by molar-refractivity contribution is 6.20. The van der Waals surface area contributed by atoms with Crippen LogP contribution >= 0.6 is 11.6 Å². The summed E-state index contributed by atoms with van der Waals surface area (Å²) in [5.74, 6) is 0. The fourth-order valence-corrected chi connectivity index (χ4v) is 1.58. The first-order chi connectivity index (χ1) is 8.24. The summed E-state index contributed by atoms with van der Waals surface area (Å²) in [5, 5.41) is 0.131. The molecule has 0 fully saturated rings. The predicted octanol–water partition coefficient (Wildman–Crippen LogP) is 5.24. The molecule has 0 aliphatic heterocycles. The van der Waals surface area contributed by atoms with Gasteiger partial charge in [-0.2, -0.15) is 0 Å². The van der Waals surface area contributed by atoms with Crippen molar-refractivity contribution < 1.29 is 0 Å². The van der Waals surface area contributed by atoms with Gasteiger partial charge in [0.15, 0.2) is 0 Å². The Balaban J connectivity index is 0.000000171. The fourth-order valence-electron chi connectivity index (χ4n) is 1.43. The Morgan fingerprint density at radius 3 is 1.65 bits per heavy atom. The highest BCUT2D eigenvalue weighted by atomic mass is 35.5. The summed E-state index contributed by atoms with van der Waals surface area (Å²) in [7, 11) is 0. The van der Waals surface area contributed by atoms with Gasteiger partial charge in [-0.25, -0.2) is 0 Å². The molecule has 0 radical (unpaired) electrons. The Bertz CT molecular complexity index is 392. The molecule has 90 valence electrons. The van der Waals surface area contributed by atoms with Gasteiger partial charge in [0, 0.05) is 0 Å². The smallest absolute Gasteiger partial charge is 0.0557 e. The minimum Gasteiger partial charge on any atom is -0.118 e. The molecule has 2 rings (SSSR count). The summed E-state index contributed by atoms with van der Waals surface area (Å²) < 4.78 is 0. The molecule has 1 unspecified atom stereocenters. The van der Waals surface area contributed by atoms with Crippen LogP contribution in [0.2, 0.25) is 0 Å².